The van der Waals surface area contributed by atoms with Crippen molar-refractivity contribution in [1.82, 2.24) is 15.5 Å². The van der Waals surface area contributed by atoms with Crippen molar-refractivity contribution < 1.29 is 9.59 Å². The third-order valence-electron chi connectivity index (χ3n) is 2.76. The number of nitrogens with one attached hydrogen (secondary N) is 3. The van der Waals surface area contributed by atoms with Gasteiger partial charge in [0.1, 0.15) is 0 Å². The first-order chi connectivity index (χ1) is 10.1. The minimum Gasteiger partial charge on any atom is -0.347 e. The number of hydrogen-bond acceptors (Lipinski definition) is 3. The molecule has 6 nitrogen and oxygen atoms in total. The number of anilines is 1. The number of halogens is 1. The molecule has 3 N–H and O–H groups in total. The minimum atomic E-state index is -0.299. The van der Waals surface area contributed by atoms with Crippen LogP contribution in [0.5, 0.6) is 0 Å². The summed E-state index contributed by atoms with van der Waals surface area (Å²) in [4.78, 5) is 23.2. The molecule has 110 valence electrons. The summed E-state index contributed by atoms with van der Waals surface area (Å²) in [6.07, 6.45) is 3.92. The Morgan fingerprint density at radius 1 is 1.29 bits per heavy atom. The fourth-order valence-electron chi connectivity index (χ4n) is 1.74. The van der Waals surface area contributed by atoms with Gasteiger partial charge in [0.25, 0.3) is 0 Å². The highest BCUT2D eigenvalue weighted by atomic mass is 35.5. The second kappa shape index (κ2) is 7.44. The average molecular weight is 307 g/mol. The Balaban J connectivity index is 1.69. The lowest BCUT2D eigenvalue weighted by atomic mass is 10.1. The number of aromatic amines is 1. The van der Waals surface area contributed by atoms with Crippen LogP contribution in [0, 0.1) is 0 Å². The molecule has 0 radical (unpaired) electrons. The fraction of sp³-hybridized carbons (Fsp3) is 0.214. The van der Waals surface area contributed by atoms with Gasteiger partial charge >= 0.3 is 0 Å². The van der Waals surface area contributed by atoms with Gasteiger partial charge < -0.3 is 10.6 Å². The number of carbonyl (C=O) groups excluding carboxylic acids is 2. The third-order valence-corrected chi connectivity index (χ3v) is 2.99. The van der Waals surface area contributed by atoms with E-state index < -0.39 is 0 Å². The Hall–Kier alpha value is -2.34. The third kappa shape index (κ3) is 5.27. The molecule has 2 rings (SSSR count). The van der Waals surface area contributed by atoms with Gasteiger partial charge in [0.15, 0.2) is 0 Å². The average Bonchev–Trinajstić information content (AvgIpc) is 2.96. The number of H-pyrrole nitrogens is 1. The zero-order chi connectivity index (χ0) is 15.1. The van der Waals surface area contributed by atoms with Crippen molar-refractivity contribution in [2.24, 2.45) is 0 Å². The summed E-state index contributed by atoms with van der Waals surface area (Å²) in [6.45, 7) is -0.0699. The zero-order valence-electron chi connectivity index (χ0n) is 11.2. The predicted molar refractivity (Wildman–Crippen MR) is 80.0 cm³/mol. The summed E-state index contributed by atoms with van der Waals surface area (Å²) in [5.74, 6) is -0.482. The van der Waals surface area contributed by atoms with Crippen molar-refractivity contribution in [2.75, 3.05) is 11.9 Å². The van der Waals surface area contributed by atoms with Crippen LogP contribution in [0.1, 0.15) is 12.0 Å². The highest BCUT2D eigenvalue weighted by Crippen LogP contribution is 2.12. The maximum atomic E-state index is 11.7. The monoisotopic (exact) mass is 306 g/mol. The number of carbonyl (C=O) groups is 2. The predicted octanol–water partition coefficient (Wildman–Crippen LogP) is 1.75. The van der Waals surface area contributed by atoms with Crippen molar-refractivity contribution in [3.05, 3.63) is 47.2 Å². The van der Waals surface area contributed by atoms with Gasteiger partial charge in [-0.3, -0.25) is 14.7 Å². The summed E-state index contributed by atoms with van der Waals surface area (Å²) in [6, 6.07) is 7.35. The van der Waals surface area contributed by atoms with E-state index in [-0.39, 0.29) is 18.4 Å². The molecule has 0 saturated heterocycles. The Labute approximate surface area is 126 Å². The Bertz CT molecular complexity index is 613. The minimum absolute atomic E-state index is 0.0699. The highest BCUT2D eigenvalue weighted by molar-refractivity contribution is 6.30. The van der Waals surface area contributed by atoms with Gasteiger partial charge in [-0.15, -0.1) is 0 Å². The molecular formula is C14H15ClN4O2. The van der Waals surface area contributed by atoms with E-state index in [1.165, 1.54) is 6.20 Å². The highest BCUT2D eigenvalue weighted by Gasteiger charge is 2.07. The van der Waals surface area contributed by atoms with E-state index in [4.69, 9.17) is 11.6 Å². The quantitative estimate of drug-likeness (QED) is 0.760. The van der Waals surface area contributed by atoms with Crippen LogP contribution in [-0.4, -0.2) is 28.6 Å². The lowest BCUT2D eigenvalue weighted by Crippen LogP contribution is -2.32. The molecule has 0 fully saturated rings. The second-order valence-electron chi connectivity index (χ2n) is 4.44. The maximum absolute atomic E-state index is 11.7. The Kier molecular flexibility index (Phi) is 5.34. The smallest absolute Gasteiger partial charge is 0.243 e. The summed E-state index contributed by atoms with van der Waals surface area (Å²) < 4.78 is 0. The number of aryl methyl sites for hydroxylation is 1. The van der Waals surface area contributed by atoms with Crippen molar-refractivity contribution in [3.63, 3.8) is 0 Å². The van der Waals surface area contributed by atoms with E-state index in [0.29, 0.717) is 23.6 Å². The molecule has 0 bridgehead atoms. The van der Waals surface area contributed by atoms with Crippen LogP contribution in [0.3, 0.4) is 0 Å². The molecule has 0 spiro atoms. The fourth-order valence-corrected chi connectivity index (χ4v) is 1.95. The van der Waals surface area contributed by atoms with Gasteiger partial charge in [-0.2, -0.15) is 5.10 Å². The lowest BCUT2D eigenvalue weighted by molar-refractivity contribution is -0.124. The Morgan fingerprint density at radius 2 is 2.14 bits per heavy atom. The molecule has 21 heavy (non-hydrogen) atoms. The first-order valence-electron chi connectivity index (χ1n) is 6.43. The molecular weight excluding hydrogens is 292 g/mol. The molecule has 2 aromatic rings. The molecule has 1 aromatic heterocycles. The Morgan fingerprint density at radius 3 is 2.86 bits per heavy atom. The summed E-state index contributed by atoms with van der Waals surface area (Å²) in [5, 5.41) is 12.1. The van der Waals surface area contributed by atoms with Gasteiger partial charge in [-0.05, 0) is 24.1 Å². The summed E-state index contributed by atoms with van der Waals surface area (Å²) >= 11 is 5.87. The summed E-state index contributed by atoms with van der Waals surface area (Å²) in [7, 11) is 0. The van der Waals surface area contributed by atoms with Crippen LogP contribution >= 0.6 is 11.6 Å². The molecule has 1 aromatic carbocycles. The largest absolute Gasteiger partial charge is 0.347 e. The molecule has 0 atom stereocenters. The van der Waals surface area contributed by atoms with Crippen molar-refractivity contribution in [1.29, 1.82) is 0 Å². The maximum Gasteiger partial charge on any atom is 0.243 e. The topological polar surface area (TPSA) is 86.9 Å². The normalized spacial score (nSPS) is 10.1. The second-order valence-corrected chi connectivity index (χ2v) is 4.88. The molecule has 7 heteroatoms. The molecule has 0 aliphatic heterocycles. The van der Waals surface area contributed by atoms with Crippen LogP contribution in [0.25, 0.3) is 0 Å². The van der Waals surface area contributed by atoms with Crippen LogP contribution < -0.4 is 10.6 Å². The number of aromatic nitrogens is 2. The van der Waals surface area contributed by atoms with E-state index in [9.17, 15) is 9.59 Å². The zero-order valence-corrected chi connectivity index (χ0v) is 12.0. The van der Waals surface area contributed by atoms with E-state index in [2.05, 4.69) is 20.8 Å². The number of nitrogens with zero attached hydrogens (tertiary/aromatic N) is 1. The SMILES string of the molecule is O=C(CCc1cccc(Cl)c1)NCC(=O)Nc1cn[nH]c1. The molecule has 0 aliphatic carbocycles. The van der Waals surface area contributed by atoms with Crippen LogP contribution in [0.4, 0.5) is 5.69 Å². The number of benzene rings is 1. The number of amides is 2. The lowest BCUT2D eigenvalue weighted by Gasteiger charge is -2.06. The molecule has 0 aliphatic rings. The van der Waals surface area contributed by atoms with Gasteiger partial charge in [0.05, 0.1) is 18.4 Å². The van der Waals surface area contributed by atoms with E-state index in [1.54, 1.807) is 12.3 Å². The van der Waals surface area contributed by atoms with Gasteiger partial charge in [-0.25, -0.2) is 0 Å². The van der Waals surface area contributed by atoms with Gasteiger partial charge in [0.2, 0.25) is 11.8 Å². The van der Waals surface area contributed by atoms with Gasteiger partial charge in [0, 0.05) is 17.6 Å². The van der Waals surface area contributed by atoms with E-state index in [1.807, 2.05) is 18.2 Å². The number of hydrogen-bond donors (Lipinski definition) is 3. The van der Waals surface area contributed by atoms with Crippen molar-refractivity contribution in [3.8, 4) is 0 Å². The first-order valence-corrected chi connectivity index (χ1v) is 6.81. The molecule has 0 unspecified atom stereocenters. The van der Waals surface area contributed by atoms with Crippen molar-refractivity contribution >= 4 is 29.1 Å². The summed E-state index contributed by atoms with van der Waals surface area (Å²) in [5.41, 5.74) is 1.55. The molecule has 0 saturated carbocycles. The molecule has 2 amide bonds. The van der Waals surface area contributed by atoms with Gasteiger partial charge in [-0.1, -0.05) is 23.7 Å². The van der Waals surface area contributed by atoms with Crippen LogP contribution in [0.2, 0.25) is 5.02 Å². The van der Waals surface area contributed by atoms with Crippen LogP contribution in [-0.2, 0) is 16.0 Å². The first kappa shape index (κ1) is 15.1. The van der Waals surface area contributed by atoms with E-state index >= 15 is 0 Å². The van der Waals surface area contributed by atoms with Crippen LogP contribution in [0.15, 0.2) is 36.7 Å². The molecule has 1 heterocycles. The number of rotatable bonds is 6. The van der Waals surface area contributed by atoms with Crippen molar-refractivity contribution in [2.45, 2.75) is 12.8 Å². The standard InChI is InChI=1S/C14H15ClN4O2/c15-11-3-1-2-10(6-11)4-5-13(20)16-9-14(21)19-12-7-17-18-8-12/h1-3,6-8H,4-5,9H2,(H,16,20)(H,17,18)(H,19,21). The van der Waals surface area contributed by atoms with E-state index in [0.717, 1.165) is 5.56 Å².